The van der Waals surface area contributed by atoms with Gasteiger partial charge >= 0.3 is 0 Å². The second kappa shape index (κ2) is 8.58. The third-order valence-corrected chi connectivity index (χ3v) is 5.69. The van der Waals surface area contributed by atoms with Crippen LogP contribution in [0.4, 0.5) is 11.4 Å². The molecule has 3 amide bonds. The summed E-state index contributed by atoms with van der Waals surface area (Å²) < 4.78 is 6.06. The zero-order valence-electron chi connectivity index (χ0n) is 14.5. The van der Waals surface area contributed by atoms with E-state index in [1.807, 2.05) is 12.1 Å². The minimum atomic E-state index is -0.570. The summed E-state index contributed by atoms with van der Waals surface area (Å²) in [7, 11) is 1.52. The highest BCUT2D eigenvalue weighted by Crippen LogP contribution is 2.31. The van der Waals surface area contributed by atoms with Gasteiger partial charge in [0, 0.05) is 22.6 Å². The Morgan fingerprint density at radius 2 is 2.00 bits per heavy atom. The van der Waals surface area contributed by atoms with E-state index in [9.17, 15) is 14.4 Å². The summed E-state index contributed by atoms with van der Waals surface area (Å²) in [6, 6.07) is 14.0. The smallest absolute Gasteiger partial charge is 0.247 e. The van der Waals surface area contributed by atoms with E-state index >= 15 is 0 Å². The van der Waals surface area contributed by atoms with Crippen molar-refractivity contribution in [2.75, 3.05) is 23.1 Å². The van der Waals surface area contributed by atoms with E-state index < -0.39 is 5.25 Å². The lowest BCUT2D eigenvalue weighted by Crippen LogP contribution is -2.31. The standard InChI is InChI=1S/C19H17BrN2O4S/c1-26-15-4-2-3-14(9-15)22-18(24)10-16(19(22)25)27-11-17(23)21-13-7-5-12(20)6-8-13/h2-9,16H,10-11H2,1H3,(H,21,23). The molecule has 27 heavy (non-hydrogen) atoms. The number of ether oxygens (including phenoxy) is 1. The van der Waals surface area contributed by atoms with Crippen molar-refractivity contribution in [3.05, 3.63) is 53.0 Å². The maximum absolute atomic E-state index is 12.6. The molecular formula is C19H17BrN2O4S. The number of rotatable bonds is 6. The first kappa shape index (κ1) is 19.4. The molecule has 0 aliphatic carbocycles. The largest absolute Gasteiger partial charge is 0.497 e. The Kier molecular flexibility index (Phi) is 6.18. The van der Waals surface area contributed by atoms with Gasteiger partial charge < -0.3 is 10.1 Å². The second-order valence-electron chi connectivity index (χ2n) is 5.83. The SMILES string of the molecule is COc1cccc(N2C(=O)CC(SCC(=O)Nc3ccc(Br)cc3)C2=O)c1. The second-order valence-corrected chi connectivity index (χ2v) is 7.93. The first-order chi connectivity index (χ1) is 13.0. The molecule has 1 aliphatic heterocycles. The average molecular weight is 449 g/mol. The molecule has 140 valence electrons. The zero-order chi connectivity index (χ0) is 19.4. The highest BCUT2D eigenvalue weighted by atomic mass is 79.9. The number of carbonyl (C=O) groups is 3. The highest BCUT2D eigenvalue weighted by Gasteiger charge is 2.40. The molecule has 8 heteroatoms. The lowest BCUT2D eigenvalue weighted by molar-refractivity contribution is -0.121. The minimum absolute atomic E-state index is 0.0757. The Hall–Kier alpha value is -2.32. The molecule has 2 aromatic rings. The van der Waals surface area contributed by atoms with Crippen molar-refractivity contribution >= 4 is 56.8 Å². The van der Waals surface area contributed by atoms with E-state index in [2.05, 4.69) is 21.2 Å². The number of hydrogen-bond donors (Lipinski definition) is 1. The fourth-order valence-corrected chi connectivity index (χ4v) is 3.86. The number of nitrogens with one attached hydrogen (secondary N) is 1. The molecule has 6 nitrogen and oxygen atoms in total. The van der Waals surface area contributed by atoms with E-state index in [-0.39, 0.29) is 29.9 Å². The van der Waals surface area contributed by atoms with E-state index in [1.54, 1.807) is 36.4 Å². The fourth-order valence-electron chi connectivity index (χ4n) is 2.66. The molecule has 1 unspecified atom stereocenters. The van der Waals surface area contributed by atoms with E-state index in [4.69, 9.17) is 4.74 Å². The molecule has 3 rings (SSSR count). The normalized spacial score (nSPS) is 16.5. The maximum atomic E-state index is 12.6. The zero-order valence-corrected chi connectivity index (χ0v) is 16.9. The summed E-state index contributed by atoms with van der Waals surface area (Å²) >= 11 is 4.50. The van der Waals surface area contributed by atoms with Crippen molar-refractivity contribution in [2.24, 2.45) is 0 Å². The first-order valence-electron chi connectivity index (χ1n) is 8.16. The van der Waals surface area contributed by atoms with Gasteiger partial charge in [0.1, 0.15) is 5.75 Å². The number of hydrogen-bond acceptors (Lipinski definition) is 5. The molecule has 0 radical (unpaired) electrons. The summed E-state index contributed by atoms with van der Waals surface area (Å²) in [6.45, 7) is 0. The molecule has 1 N–H and O–H groups in total. The molecule has 0 bridgehead atoms. The van der Waals surface area contributed by atoms with Crippen LogP contribution in [0.25, 0.3) is 0 Å². The van der Waals surface area contributed by atoms with Crippen molar-refractivity contribution in [1.82, 2.24) is 0 Å². The Morgan fingerprint density at radius 1 is 1.26 bits per heavy atom. The number of anilines is 2. The van der Waals surface area contributed by atoms with Crippen LogP contribution in [0.2, 0.25) is 0 Å². The number of halogens is 1. The molecule has 0 saturated carbocycles. The summed E-state index contributed by atoms with van der Waals surface area (Å²) in [4.78, 5) is 38.2. The Bertz CT molecular complexity index is 872. The number of methoxy groups -OCH3 is 1. The third-order valence-electron chi connectivity index (χ3n) is 3.96. The minimum Gasteiger partial charge on any atom is -0.497 e. The fraction of sp³-hybridized carbons (Fsp3) is 0.211. The number of thioether (sulfide) groups is 1. The van der Waals surface area contributed by atoms with Gasteiger partial charge in [-0.25, -0.2) is 4.90 Å². The molecule has 0 aromatic heterocycles. The number of benzene rings is 2. The number of imide groups is 1. The Labute approximate surface area is 169 Å². The topological polar surface area (TPSA) is 75.7 Å². The highest BCUT2D eigenvalue weighted by molar-refractivity contribution is 9.10. The van der Waals surface area contributed by atoms with Crippen LogP contribution < -0.4 is 15.0 Å². The van der Waals surface area contributed by atoms with Crippen LogP contribution in [0.3, 0.4) is 0 Å². The van der Waals surface area contributed by atoms with Gasteiger partial charge in [0.05, 0.1) is 23.8 Å². The summed E-state index contributed by atoms with van der Waals surface area (Å²) in [6.07, 6.45) is 0.0757. The number of nitrogens with zero attached hydrogens (tertiary/aromatic N) is 1. The van der Waals surface area contributed by atoms with Crippen LogP contribution in [-0.4, -0.2) is 35.8 Å². The summed E-state index contributed by atoms with van der Waals surface area (Å²) in [5, 5.41) is 2.20. The van der Waals surface area contributed by atoms with Crippen molar-refractivity contribution in [1.29, 1.82) is 0 Å². The average Bonchev–Trinajstić information content (AvgIpc) is 2.95. The lowest BCUT2D eigenvalue weighted by Gasteiger charge is -2.15. The van der Waals surface area contributed by atoms with Gasteiger partial charge in [0.2, 0.25) is 17.7 Å². The van der Waals surface area contributed by atoms with Gasteiger partial charge in [0.25, 0.3) is 0 Å². The van der Waals surface area contributed by atoms with Crippen molar-refractivity contribution in [2.45, 2.75) is 11.7 Å². The van der Waals surface area contributed by atoms with Gasteiger partial charge in [-0.15, -0.1) is 11.8 Å². The molecular weight excluding hydrogens is 432 g/mol. The van der Waals surface area contributed by atoms with Crippen molar-refractivity contribution < 1.29 is 19.1 Å². The molecule has 1 atom stereocenters. The van der Waals surface area contributed by atoms with Crippen LogP contribution in [0.15, 0.2) is 53.0 Å². The number of amides is 3. The summed E-state index contributed by atoms with van der Waals surface area (Å²) in [5.74, 6) is -0.152. The van der Waals surface area contributed by atoms with Gasteiger partial charge in [-0.05, 0) is 36.4 Å². The quantitative estimate of drug-likeness (QED) is 0.684. The lowest BCUT2D eigenvalue weighted by atomic mass is 10.3. The first-order valence-corrected chi connectivity index (χ1v) is 10.00. The van der Waals surface area contributed by atoms with Gasteiger partial charge in [-0.1, -0.05) is 22.0 Å². The van der Waals surface area contributed by atoms with Gasteiger partial charge in [0.15, 0.2) is 0 Å². The van der Waals surface area contributed by atoms with Crippen LogP contribution in [0, 0.1) is 0 Å². The summed E-state index contributed by atoms with van der Waals surface area (Å²) in [5.41, 5.74) is 1.15. The van der Waals surface area contributed by atoms with E-state index in [1.165, 1.54) is 18.9 Å². The molecule has 2 aromatic carbocycles. The van der Waals surface area contributed by atoms with Crippen LogP contribution >= 0.6 is 27.7 Å². The van der Waals surface area contributed by atoms with Crippen molar-refractivity contribution in [3.63, 3.8) is 0 Å². The molecule has 1 heterocycles. The van der Waals surface area contributed by atoms with E-state index in [0.717, 1.165) is 9.37 Å². The molecule has 0 spiro atoms. The molecule has 1 saturated heterocycles. The maximum Gasteiger partial charge on any atom is 0.247 e. The van der Waals surface area contributed by atoms with Crippen LogP contribution in [-0.2, 0) is 14.4 Å². The van der Waals surface area contributed by atoms with E-state index in [0.29, 0.717) is 17.1 Å². The third kappa shape index (κ3) is 4.70. The Balaban J connectivity index is 1.59. The molecule has 1 aliphatic rings. The van der Waals surface area contributed by atoms with Crippen LogP contribution in [0.1, 0.15) is 6.42 Å². The monoisotopic (exact) mass is 448 g/mol. The molecule has 1 fully saturated rings. The van der Waals surface area contributed by atoms with Gasteiger partial charge in [-0.2, -0.15) is 0 Å². The predicted molar refractivity (Wildman–Crippen MR) is 109 cm³/mol. The van der Waals surface area contributed by atoms with Crippen LogP contribution in [0.5, 0.6) is 5.75 Å². The van der Waals surface area contributed by atoms with Crippen molar-refractivity contribution in [3.8, 4) is 5.75 Å². The predicted octanol–water partition coefficient (Wildman–Crippen LogP) is 3.46. The van der Waals surface area contributed by atoms with Gasteiger partial charge in [-0.3, -0.25) is 14.4 Å². The number of carbonyl (C=O) groups excluding carboxylic acids is 3. The Morgan fingerprint density at radius 3 is 2.70 bits per heavy atom.